The average molecular weight is 398 g/mol. The Hall–Kier alpha value is -1.54. The molecule has 0 saturated heterocycles. The van der Waals surface area contributed by atoms with Crippen molar-refractivity contribution in [1.29, 1.82) is 0 Å². The molecule has 0 amide bonds. The van der Waals surface area contributed by atoms with E-state index in [0.717, 1.165) is 15.9 Å². The van der Waals surface area contributed by atoms with E-state index in [4.69, 9.17) is 10.5 Å². The number of halogens is 1. The number of ether oxygens (including phenoxy) is 1. The van der Waals surface area contributed by atoms with Crippen LogP contribution in [0.2, 0.25) is 0 Å². The van der Waals surface area contributed by atoms with Crippen molar-refractivity contribution in [2.24, 2.45) is 0 Å². The second-order valence-electron chi connectivity index (χ2n) is 4.13. The monoisotopic (exact) mass is 398 g/mol. The van der Waals surface area contributed by atoms with Gasteiger partial charge in [0.15, 0.2) is 0 Å². The quantitative estimate of drug-likeness (QED) is 0.473. The molecule has 1 aliphatic heterocycles. The third kappa shape index (κ3) is 2.53. The Labute approximate surface area is 129 Å². The fraction of sp³-hybridized carbons (Fsp3) is 0.0714. The number of aromatic nitrogens is 1. The molecule has 0 unspecified atom stereocenters. The fourth-order valence-electron chi connectivity index (χ4n) is 1.87. The minimum atomic E-state index is -0.391. The van der Waals surface area contributed by atoms with Gasteiger partial charge in [-0.15, -0.1) is 11.3 Å². The van der Waals surface area contributed by atoms with Crippen molar-refractivity contribution in [3.63, 3.8) is 0 Å². The minimum Gasteiger partial charge on any atom is -0.465 e. The largest absolute Gasteiger partial charge is 0.465 e. The van der Waals surface area contributed by atoms with Crippen molar-refractivity contribution in [2.75, 3.05) is 12.8 Å². The predicted octanol–water partition coefficient (Wildman–Crippen LogP) is 1.48. The Balaban J connectivity index is 2.13. The van der Waals surface area contributed by atoms with Gasteiger partial charge in [-0.1, -0.05) is 20.7 Å². The number of methoxy groups -OCH3 is 1. The number of nitrogen functional groups attached to an aromatic ring is 1. The van der Waals surface area contributed by atoms with Crippen LogP contribution in [0.25, 0.3) is 20.7 Å². The zero-order valence-electron chi connectivity index (χ0n) is 10.6. The van der Waals surface area contributed by atoms with Crippen molar-refractivity contribution in [3.8, 4) is 10.6 Å². The lowest BCUT2D eigenvalue weighted by Gasteiger charge is -2.04. The highest BCUT2D eigenvalue weighted by atomic mass is 127. The molecule has 0 bridgehead atoms. The number of rotatable bonds is 2. The molecule has 1 aromatic heterocycles. The first-order chi connectivity index (χ1) is 9.67. The van der Waals surface area contributed by atoms with E-state index in [1.807, 2.05) is 6.07 Å². The van der Waals surface area contributed by atoms with Crippen LogP contribution in [0, 0.1) is 0 Å². The molecular weight excluding hydrogens is 387 g/mol. The molecule has 0 radical (unpaired) electrons. The molecule has 4 nitrogen and oxygen atoms in total. The van der Waals surface area contributed by atoms with Crippen molar-refractivity contribution < 1.29 is 9.53 Å². The Morgan fingerprint density at radius 2 is 2.25 bits per heavy atom. The van der Waals surface area contributed by atoms with Gasteiger partial charge in [0.25, 0.3) is 0 Å². The van der Waals surface area contributed by atoms with Crippen molar-refractivity contribution in [3.05, 3.63) is 33.6 Å². The highest BCUT2D eigenvalue weighted by Crippen LogP contribution is 2.24. The molecule has 3 rings (SSSR count). The summed E-state index contributed by atoms with van der Waals surface area (Å²) in [5.74, 6) is -0.391. The van der Waals surface area contributed by atoms with Gasteiger partial charge >= 0.3 is 5.97 Å². The van der Waals surface area contributed by atoms with E-state index in [1.54, 1.807) is 23.5 Å². The first-order valence-electron chi connectivity index (χ1n) is 5.79. The molecular formula is C14H11IN2O2S. The van der Waals surface area contributed by atoms with Gasteiger partial charge in [-0.05, 0) is 32.4 Å². The maximum atomic E-state index is 11.6. The second-order valence-corrected chi connectivity index (χ2v) is 7.22. The van der Waals surface area contributed by atoms with Crippen LogP contribution in [0.15, 0.2) is 18.2 Å². The number of hydrogen-bond acceptors (Lipinski definition) is 5. The number of carbonyl (C=O) groups is 1. The molecule has 6 heteroatoms. The van der Waals surface area contributed by atoms with Gasteiger partial charge < -0.3 is 10.5 Å². The molecule has 20 heavy (non-hydrogen) atoms. The number of thiazole rings is 1. The summed E-state index contributed by atoms with van der Waals surface area (Å²) in [5, 5.41) is 1.87. The molecule has 2 heterocycles. The highest BCUT2D eigenvalue weighted by molar-refractivity contribution is 14.2. The molecule has 0 atom stereocenters. The first-order valence-corrected chi connectivity index (χ1v) is 9.10. The van der Waals surface area contributed by atoms with Crippen LogP contribution in [0.1, 0.15) is 10.4 Å². The van der Waals surface area contributed by atoms with Gasteiger partial charge in [0.05, 0.1) is 22.6 Å². The van der Waals surface area contributed by atoms with Crippen LogP contribution < -0.4 is 15.6 Å². The van der Waals surface area contributed by atoms with Crippen LogP contribution >= 0.6 is 32.1 Å². The second kappa shape index (κ2) is 5.45. The third-order valence-electron chi connectivity index (χ3n) is 2.76. The first kappa shape index (κ1) is 13.4. The molecule has 2 aromatic rings. The number of benzene rings is 1. The molecule has 102 valence electrons. The highest BCUT2D eigenvalue weighted by Gasteiger charge is 2.11. The summed E-state index contributed by atoms with van der Waals surface area (Å²) in [4.78, 5) is 16.2. The summed E-state index contributed by atoms with van der Waals surface area (Å²) in [6.45, 7) is 0. The van der Waals surface area contributed by atoms with Gasteiger partial charge in [-0.2, -0.15) is 0 Å². The Kier molecular flexibility index (Phi) is 3.66. The van der Waals surface area contributed by atoms with Gasteiger partial charge in [0.2, 0.25) is 0 Å². The van der Waals surface area contributed by atoms with Crippen LogP contribution in [-0.4, -0.2) is 22.1 Å². The Morgan fingerprint density at radius 1 is 1.40 bits per heavy atom. The van der Waals surface area contributed by atoms with Crippen molar-refractivity contribution in [2.45, 2.75) is 0 Å². The number of hydrogen-bond donors (Lipinski definition) is 1. The summed E-state index contributed by atoms with van der Waals surface area (Å²) >= 11 is 1.64. The number of anilines is 1. The van der Waals surface area contributed by atoms with Crippen LogP contribution in [0.5, 0.6) is 0 Å². The number of nitrogens with zero attached hydrogens (tertiary/aromatic N) is 1. The third-order valence-corrected chi connectivity index (χ3v) is 6.01. The lowest BCUT2D eigenvalue weighted by molar-refractivity contribution is 0.0601. The smallest absolute Gasteiger partial charge is 0.337 e. The van der Waals surface area contributed by atoms with Gasteiger partial charge in [-0.25, -0.2) is 9.78 Å². The number of carbonyl (C=O) groups excluding carboxylic acids is 1. The molecule has 2 N–H and O–H groups in total. The zero-order valence-corrected chi connectivity index (χ0v) is 13.6. The van der Waals surface area contributed by atoms with Crippen LogP contribution in [0.4, 0.5) is 5.69 Å². The van der Waals surface area contributed by atoms with Gasteiger partial charge in [0.1, 0.15) is 5.01 Å². The zero-order chi connectivity index (χ0) is 14.1. The Morgan fingerprint density at radius 3 is 3.00 bits per heavy atom. The predicted molar refractivity (Wildman–Crippen MR) is 91.6 cm³/mol. The van der Waals surface area contributed by atoms with Crippen LogP contribution in [0.3, 0.4) is 0 Å². The molecule has 0 saturated carbocycles. The van der Waals surface area contributed by atoms with Crippen molar-refractivity contribution >= 4 is 57.9 Å². The average Bonchev–Trinajstić information content (AvgIpc) is 2.89. The molecule has 1 aliphatic rings. The maximum Gasteiger partial charge on any atom is 0.337 e. The number of fused-ring (bicyclic) bond motifs is 1. The van der Waals surface area contributed by atoms with E-state index in [-0.39, 0.29) is 20.7 Å². The van der Waals surface area contributed by atoms with E-state index < -0.39 is 5.97 Å². The normalized spacial score (nSPS) is 12.7. The van der Waals surface area contributed by atoms with E-state index in [9.17, 15) is 4.79 Å². The SMILES string of the molecule is COC(=O)c1cc(N)cc(-c2nc3c(s2)=CI=CC=3)c1. The Bertz CT molecular complexity index is 804. The van der Waals surface area contributed by atoms with Gasteiger partial charge in [0, 0.05) is 11.3 Å². The summed E-state index contributed by atoms with van der Waals surface area (Å²) < 4.78 is 10.4. The minimum absolute atomic E-state index is 0.00889. The van der Waals surface area contributed by atoms with E-state index >= 15 is 0 Å². The summed E-state index contributed by atoms with van der Waals surface area (Å²) in [7, 11) is 1.36. The molecule has 0 aliphatic carbocycles. The van der Waals surface area contributed by atoms with Gasteiger partial charge in [-0.3, -0.25) is 0 Å². The molecule has 0 fully saturated rings. The molecule has 0 spiro atoms. The van der Waals surface area contributed by atoms with E-state index in [1.165, 1.54) is 11.6 Å². The molecule has 1 aromatic carbocycles. The van der Waals surface area contributed by atoms with E-state index in [2.05, 4.69) is 19.2 Å². The lowest BCUT2D eigenvalue weighted by atomic mass is 10.1. The standard InChI is InChI=1S/C14H11IN2O2S/c1-19-14(18)9-4-8(5-10(16)6-9)13-17-11-2-3-15-7-12(11)20-13/h2-7H,16H2,1H3. The summed E-state index contributed by atoms with van der Waals surface area (Å²) in [5.41, 5.74) is 7.69. The summed E-state index contributed by atoms with van der Waals surface area (Å²) in [6, 6.07) is 5.21. The maximum absolute atomic E-state index is 11.6. The topological polar surface area (TPSA) is 65.2 Å². The van der Waals surface area contributed by atoms with Crippen LogP contribution in [-0.2, 0) is 4.74 Å². The number of nitrogens with two attached hydrogens (primary N) is 1. The fourth-order valence-corrected chi connectivity index (χ4v) is 4.84. The van der Waals surface area contributed by atoms with Crippen molar-refractivity contribution in [1.82, 2.24) is 4.98 Å². The summed E-state index contributed by atoms with van der Waals surface area (Å²) in [6.07, 6.45) is 2.07. The number of esters is 1. The lowest BCUT2D eigenvalue weighted by Crippen LogP contribution is -2.21. The van der Waals surface area contributed by atoms with E-state index in [0.29, 0.717) is 11.3 Å².